The number of nitrogens with zero attached hydrogens (tertiary/aromatic N) is 1. The first-order valence-corrected chi connectivity index (χ1v) is 4.08. The van der Waals surface area contributed by atoms with E-state index >= 15 is 0 Å². The predicted octanol–water partition coefficient (Wildman–Crippen LogP) is 0.357. The van der Waals surface area contributed by atoms with Crippen molar-refractivity contribution in [1.82, 2.24) is 4.98 Å². The van der Waals surface area contributed by atoms with E-state index in [1.54, 1.807) is 6.92 Å². The van der Waals surface area contributed by atoms with Gasteiger partial charge in [-0.25, -0.2) is 9.78 Å². The summed E-state index contributed by atoms with van der Waals surface area (Å²) in [4.78, 5) is 25.7. The molecule has 1 aromatic rings. The molecule has 5 heteroatoms. The summed E-state index contributed by atoms with van der Waals surface area (Å²) in [5, 5.41) is 0. The van der Waals surface area contributed by atoms with E-state index in [9.17, 15) is 9.59 Å². The van der Waals surface area contributed by atoms with Crippen LogP contribution in [0.1, 0.15) is 27.8 Å². The van der Waals surface area contributed by atoms with Crippen LogP contribution in [0.15, 0.2) is 18.3 Å². The summed E-state index contributed by atoms with van der Waals surface area (Å²) in [5.41, 5.74) is 5.36. The zero-order valence-corrected chi connectivity index (χ0v) is 7.69. The number of aromatic nitrogens is 1. The Morgan fingerprint density at radius 2 is 2.29 bits per heavy atom. The zero-order chi connectivity index (χ0) is 10.6. The molecular weight excluding hydrogens is 184 g/mol. The number of carbonyl (C=O) groups is 2. The topological polar surface area (TPSA) is 82.3 Å². The second-order valence-electron chi connectivity index (χ2n) is 2.51. The smallest absolute Gasteiger partial charge is 0.356 e. The van der Waals surface area contributed by atoms with Gasteiger partial charge in [0.05, 0.1) is 6.61 Å². The normalized spacial score (nSPS) is 9.50. The molecule has 0 saturated heterocycles. The second-order valence-corrected chi connectivity index (χ2v) is 2.51. The highest BCUT2D eigenvalue weighted by Crippen LogP contribution is 2.02. The molecule has 0 spiro atoms. The lowest BCUT2D eigenvalue weighted by Crippen LogP contribution is -2.13. The van der Waals surface area contributed by atoms with Crippen LogP contribution in [0.25, 0.3) is 0 Å². The van der Waals surface area contributed by atoms with Crippen LogP contribution in [0.2, 0.25) is 0 Å². The maximum Gasteiger partial charge on any atom is 0.356 e. The van der Waals surface area contributed by atoms with E-state index in [0.717, 1.165) is 0 Å². The summed E-state index contributed by atoms with van der Waals surface area (Å²) >= 11 is 0. The Hall–Kier alpha value is -1.91. The van der Waals surface area contributed by atoms with Gasteiger partial charge in [0.25, 0.3) is 0 Å². The molecule has 1 aromatic heterocycles. The Morgan fingerprint density at radius 3 is 2.86 bits per heavy atom. The minimum Gasteiger partial charge on any atom is -0.461 e. The third kappa shape index (κ3) is 2.29. The molecule has 1 amide bonds. The molecular formula is C9H10N2O3. The average molecular weight is 194 g/mol. The molecule has 0 saturated carbocycles. The molecule has 1 rings (SSSR count). The van der Waals surface area contributed by atoms with Crippen LogP contribution < -0.4 is 5.73 Å². The molecule has 0 bridgehead atoms. The van der Waals surface area contributed by atoms with Crippen molar-refractivity contribution in [2.75, 3.05) is 6.61 Å². The van der Waals surface area contributed by atoms with Crippen LogP contribution in [-0.4, -0.2) is 23.5 Å². The predicted molar refractivity (Wildman–Crippen MR) is 48.7 cm³/mol. The molecule has 0 atom stereocenters. The summed E-state index contributed by atoms with van der Waals surface area (Å²) in [5.74, 6) is -1.16. The minimum atomic E-state index is -0.599. The maximum absolute atomic E-state index is 11.2. The van der Waals surface area contributed by atoms with Crippen LogP contribution in [0, 0.1) is 0 Å². The quantitative estimate of drug-likeness (QED) is 0.704. The third-order valence-electron chi connectivity index (χ3n) is 1.53. The summed E-state index contributed by atoms with van der Waals surface area (Å²) in [7, 11) is 0. The van der Waals surface area contributed by atoms with Gasteiger partial charge in [0.1, 0.15) is 5.69 Å². The van der Waals surface area contributed by atoms with Crippen molar-refractivity contribution in [2.24, 2.45) is 5.73 Å². The number of hydrogen-bond donors (Lipinski definition) is 1. The van der Waals surface area contributed by atoms with Crippen molar-refractivity contribution >= 4 is 11.9 Å². The second kappa shape index (κ2) is 4.36. The van der Waals surface area contributed by atoms with Crippen LogP contribution >= 0.6 is 0 Å². The number of pyridine rings is 1. The van der Waals surface area contributed by atoms with E-state index in [2.05, 4.69) is 4.98 Å². The van der Waals surface area contributed by atoms with Gasteiger partial charge in [-0.15, -0.1) is 0 Å². The van der Waals surface area contributed by atoms with Gasteiger partial charge in [-0.05, 0) is 19.1 Å². The summed E-state index contributed by atoms with van der Waals surface area (Å²) in [6.07, 6.45) is 1.34. The van der Waals surface area contributed by atoms with Crippen molar-refractivity contribution < 1.29 is 14.3 Å². The molecule has 0 radical (unpaired) electrons. The summed E-state index contributed by atoms with van der Waals surface area (Å²) in [6.45, 7) is 1.96. The van der Waals surface area contributed by atoms with Gasteiger partial charge in [-0.3, -0.25) is 4.79 Å². The lowest BCUT2D eigenvalue weighted by Gasteiger charge is -2.01. The van der Waals surface area contributed by atoms with E-state index in [0.29, 0.717) is 0 Å². The largest absolute Gasteiger partial charge is 0.461 e. The van der Waals surface area contributed by atoms with Gasteiger partial charge in [0.2, 0.25) is 5.91 Å². The van der Waals surface area contributed by atoms with Crippen molar-refractivity contribution in [3.8, 4) is 0 Å². The third-order valence-corrected chi connectivity index (χ3v) is 1.53. The number of amides is 1. The van der Waals surface area contributed by atoms with Gasteiger partial charge in [0, 0.05) is 11.8 Å². The lowest BCUT2D eigenvalue weighted by atomic mass is 10.2. The van der Waals surface area contributed by atoms with Gasteiger partial charge >= 0.3 is 5.97 Å². The number of esters is 1. The van der Waals surface area contributed by atoms with E-state index in [1.165, 1.54) is 18.3 Å². The van der Waals surface area contributed by atoms with Crippen molar-refractivity contribution in [3.63, 3.8) is 0 Å². The first-order valence-electron chi connectivity index (χ1n) is 4.08. The number of primary amides is 1. The Bertz CT molecular complexity index is 363. The van der Waals surface area contributed by atoms with Gasteiger partial charge in [-0.2, -0.15) is 0 Å². The molecule has 1 heterocycles. The van der Waals surface area contributed by atoms with Crippen molar-refractivity contribution in [1.29, 1.82) is 0 Å². The average Bonchev–Trinajstić information content (AvgIpc) is 2.18. The lowest BCUT2D eigenvalue weighted by molar-refractivity contribution is 0.0519. The zero-order valence-electron chi connectivity index (χ0n) is 7.69. The Kier molecular flexibility index (Phi) is 3.17. The molecule has 0 aromatic carbocycles. The van der Waals surface area contributed by atoms with Gasteiger partial charge in [0.15, 0.2) is 0 Å². The van der Waals surface area contributed by atoms with Crippen LogP contribution in [0.4, 0.5) is 0 Å². The summed E-state index contributed by atoms with van der Waals surface area (Å²) in [6, 6.07) is 2.74. The molecule has 0 fully saturated rings. The van der Waals surface area contributed by atoms with E-state index in [1.807, 2.05) is 0 Å². The fourth-order valence-corrected chi connectivity index (χ4v) is 0.900. The Morgan fingerprint density at radius 1 is 1.57 bits per heavy atom. The number of hydrogen-bond acceptors (Lipinski definition) is 4. The SMILES string of the molecule is CCOC(=O)c1cc(C(N)=O)ccn1. The van der Waals surface area contributed by atoms with Crippen LogP contribution in [-0.2, 0) is 4.74 Å². The van der Waals surface area contributed by atoms with Gasteiger partial charge < -0.3 is 10.5 Å². The Balaban J connectivity index is 2.93. The monoisotopic (exact) mass is 194 g/mol. The fourth-order valence-electron chi connectivity index (χ4n) is 0.900. The molecule has 0 aliphatic rings. The maximum atomic E-state index is 11.2. The van der Waals surface area contributed by atoms with E-state index in [-0.39, 0.29) is 17.9 Å². The van der Waals surface area contributed by atoms with Crippen molar-refractivity contribution in [3.05, 3.63) is 29.6 Å². The minimum absolute atomic E-state index is 0.0863. The molecule has 14 heavy (non-hydrogen) atoms. The van der Waals surface area contributed by atoms with Crippen molar-refractivity contribution in [2.45, 2.75) is 6.92 Å². The van der Waals surface area contributed by atoms with Gasteiger partial charge in [-0.1, -0.05) is 0 Å². The molecule has 2 N–H and O–H groups in total. The highest BCUT2D eigenvalue weighted by atomic mass is 16.5. The number of ether oxygens (including phenoxy) is 1. The van der Waals surface area contributed by atoms with E-state index < -0.39 is 11.9 Å². The number of carbonyl (C=O) groups excluding carboxylic acids is 2. The van der Waals surface area contributed by atoms with Crippen LogP contribution in [0.3, 0.4) is 0 Å². The molecule has 0 aliphatic heterocycles. The first-order chi connectivity index (χ1) is 6.65. The highest BCUT2D eigenvalue weighted by Gasteiger charge is 2.10. The fraction of sp³-hybridized carbons (Fsp3) is 0.222. The molecule has 0 unspecified atom stereocenters. The Labute approximate surface area is 80.9 Å². The standard InChI is InChI=1S/C9H10N2O3/c1-2-14-9(13)7-5-6(8(10)12)3-4-11-7/h3-5H,2H2,1H3,(H2,10,12). The summed E-state index contributed by atoms with van der Waals surface area (Å²) < 4.78 is 4.71. The van der Waals surface area contributed by atoms with E-state index in [4.69, 9.17) is 10.5 Å². The van der Waals surface area contributed by atoms with Crippen LogP contribution in [0.5, 0.6) is 0 Å². The number of nitrogens with two attached hydrogens (primary N) is 1. The molecule has 0 aliphatic carbocycles. The number of rotatable bonds is 3. The molecule has 74 valence electrons. The highest BCUT2D eigenvalue weighted by molar-refractivity contribution is 5.95. The first kappa shape index (κ1) is 10.2. The molecule has 5 nitrogen and oxygen atoms in total.